The van der Waals surface area contributed by atoms with Gasteiger partial charge < -0.3 is 15.2 Å². The monoisotopic (exact) mass is 485 g/mol. The predicted octanol–water partition coefficient (Wildman–Crippen LogP) is 3.94. The highest BCUT2D eigenvalue weighted by atomic mass is 32.1. The first-order valence-corrected chi connectivity index (χ1v) is 12.1. The summed E-state index contributed by atoms with van der Waals surface area (Å²) in [7, 11) is 0. The normalized spacial score (nSPS) is 17.9. The molecule has 2 aromatic heterocycles. The fourth-order valence-corrected chi connectivity index (χ4v) is 4.60. The molecule has 0 amide bonds. The Kier molecular flexibility index (Phi) is 7.11. The van der Waals surface area contributed by atoms with Crippen molar-refractivity contribution in [3.63, 3.8) is 0 Å². The van der Waals surface area contributed by atoms with Gasteiger partial charge in [0, 0.05) is 24.8 Å². The summed E-state index contributed by atoms with van der Waals surface area (Å²) in [4.78, 5) is 40.7. The van der Waals surface area contributed by atoms with Crippen molar-refractivity contribution in [3.8, 4) is 11.6 Å². The van der Waals surface area contributed by atoms with Crippen molar-refractivity contribution in [2.24, 2.45) is 11.8 Å². The molecule has 1 aromatic carbocycles. The van der Waals surface area contributed by atoms with Crippen LogP contribution in [0.2, 0.25) is 0 Å². The molecule has 0 spiro atoms. The molecule has 0 radical (unpaired) electrons. The molecule has 0 saturated heterocycles. The number of carbonyl (C=O) groups is 1. The number of hydrogen-bond donors (Lipinski definition) is 2. The van der Waals surface area contributed by atoms with Crippen LogP contribution in [0.3, 0.4) is 0 Å². The van der Waals surface area contributed by atoms with Crippen LogP contribution in [0, 0.1) is 11.8 Å². The van der Waals surface area contributed by atoms with E-state index in [-0.39, 0.29) is 28.9 Å². The second-order valence-corrected chi connectivity index (χ2v) is 9.37. The average Bonchev–Trinajstić information content (AvgIpc) is 3.28. The van der Waals surface area contributed by atoms with Crippen molar-refractivity contribution in [3.05, 3.63) is 56.2 Å². The summed E-state index contributed by atoms with van der Waals surface area (Å²) < 4.78 is 12.3. The molecule has 10 nitrogen and oxygen atoms in total. The zero-order chi connectivity index (χ0) is 24.2. The zero-order valence-corrected chi connectivity index (χ0v) is 19.9. The summed E-state index contributed by atoms with van der Waals surface area (Å²) in [6, 6.07) is 8.17. The fraction of sp³-hybridized carbons (Fsp3) is 0.435. The van der Waals surface area contributed by atoms with Crippen LogP contribution in [0.5, 0.6) is 11.6 Å². The Labute approximate surface area is 200 Å². The van der Waals surface area contributed by atoms with Gasteiger partial charge in [-0.2, -0.15) is 9.36 Å². The lowest BCUT2D eigenvalue weighted by Gasteiger charge is -2.27. The topological polar surface area (TPSA) is 128 Å². The molecule has 2 heterocycles. The number of aromatic carboxylic acids is 1. The standard InChI is InChI=1S/C23H27N5O5S/c1-3-27-22(31)25-21(28(23(27)32)13-15-6-4-14(2)5-7-15)24-16-8-10-17(11-9-16)33-19-12-18(20(29)30)34-26-19/h8-12,14-15H,3-7,13H2,1-2H3,(H,29,30)(H,24,25,31). The number of nitrogens with zero attached hydrogens (tertiary/aromatic N) is 4. The molecule has 180 valence electrons. The first-order chi connectivity index (χ1) is 16.3. The summed E-state index contributed by atoms with van der Waals surface area (Å²) in [5, 5.41) is 12.1. The number of hydrogen-bond acceptors (Lipinski definition) is 8. The van der Waals surface area contributed by atoms with E-state index in [1.807, 2.05) is 0 Å². The Hall–Kier alpha value is -3.47. The smallest absolute Gasteiger partial charge is 0.354 e. The Balaban J connectivity index is 1.54. The van der Waals surface area contributed by atoms with Crippen LogP contribution in [-0.2, 0) is 13.1 Å². The van der Waals surface area contributed by atoms with Crippen molar-refractivity contribution in [1.82, 2.24) is 18.5 Å². The van der Waals surface area contributed by atoms with Crippen LogP contribution >= 0.6 is 11.5 Å². The van der Waals surface area contributed by atoms with Crippen LogP contribution in [0.4, 0.5) is 11.6 Å². The molecule has 34 heavy (non-hydrogen) atoms. The lowest BCUT2D eigenvalue weighted by Crippen LogP contribution is -2.43. The SMILES string of the molecule is CCn1c(=O)nc(Nc2ccc(Oc3cc(C(=O)O)sn3)cc2)n(CC2CCC(C)CC2)c1=O. The minimum Gasteiger partial charge on any atom is -0.477 e. The number of anilines is 2. The minimum atomic E-state index is -1.06. The predicted molar refractivity (Wildman–Crippen MR) is 128 cm³/mol. The molecule has 0 unspecified atom stereocenters. The van der Waals surface area contributed by atoms with E-state index in [0.29, 0.717) is 29.8 Å². The first kappa shape index (κ1) is 23.7. The molecule has 4 rings (SSSR count). The molecule has 1 aliphatic carbocycles. The highest BCUT2D eigenvalue weighted by Gasteiger charge is 2.22. The van der Waals surface area contributed by atoms with Gasteiger partial charge in [-0.25, -0.2) is 19.0 Å². The van der Waals surface area contributed by atoms with Crippen LogP contribution in [0.25, 0.3) is 0 Å². The molecule has 11 heteroatoms. The second-order valence-electron chi connectivity index (χ2n) is 8.57. The van der Waals surface area contributed by atoms with Crippen molar-refractivity contribution in [2.45, 2.75) is 52.6 Å². The van der Waals surface area contributed by atoms with Gasteiger partial charge in [0.1, 0.15) is 10.6 Å². The molecule has 0 atom stereocenters. The Morgan fingerprint density at radius 1 is 1.18 bits per heavy atom. The summed E-state index contributed by atoms with van der Waals surface area (Å²) in [5.41, 5.74) is -0.314. The average molecular weight is 486 g/mol. The highest BCUT2D eigenvalue weighted by molar-refractivity contribution is 7.08. The molecule has 2 N–H and O–H groups in total. The van der Waals surface area contributed by atoms with E-state index in [9.17, 15) is 14.4 Å². The molecule has 1 fully saturated rings. The van der Waals surface area contributed by atoms with Gasteiger partial charge in [0.25, 0.3) is 0 Å². The molecule has 3 aromatic rings. The number of benzene rings is 1. The van der Waals surface area contributed by atoms with Crippen LogP contribution in [-0.4, -0.2) is 29.6 Å². The van der Waals surface area contributed by atoms with E-state index in [4.69, 9.17) is 9.84 Å². The maximum atomic E-state index is 13.1. The van der Waals surface area contributed by atoms with Crippen LogP contribution in [0.15, 0.2) is 39.9 Å². The largest absolute Gasteiger partial charge is 0.477 e. The van der Waals surface area contributed by atoms with E-state index < -0.39 is 11.7 Å². The summed E-state index contributed by atoms with van der Waals surface area (Å²) in [5.74, 6) is 0.896. The molecular weight excluding hydrogens is 458 g/mol. The molecule has 1 saturated carbocycles. The number of carboxylic acid groups (broad SMARTS) is 1. The van der Waals surface area contributed by atoms with E-state index >= 15 is 0 Å². The van der Waals surface area contributed by atoms with Crippen molar-refractivity contribution in [2.75, 3.05) is 5.32 Å². The van der Waals surface area contributed by atoms with Crippen LogP contribution < -0.4 is 21.4 Å². The minimum absolute atomic E-state index is 0.0894. The summed E-state index contributed by atoms with van der Waals surface area (Å²) >= 11 is 0.844. The lowest BCUT2D eigenvalue weighted by atomic mass is 9.83. The first-order valence-electron chi connectivity index (χ1n) is 11.3. The molecule has 1 aliphatic rings. The van der Waals surface area contributed by atoms with Gasteiger partial charge >= 0.3 is 17.3 Å². The number of rotatable bonds is 8. The molecule has 0 aliphatic heterocycles. The molecule has 0 bridgehead atoms. The number of carboxylic acids is 1. The van der Waals surface area contributed by atoms with Gasteiger partial charge in [-0.3, -0.25) is 4.57 Å². The van der Waals surface area contributed by atoms with Gasteiger partial charge in [-0.15, -0.1) is 0 Å². The quantitative estimate of drug-likeness (QED) is 0.491. The van der Waals surface area contributed by atoms with Crippen molar-refractivity contribution >= 4 is 29.1 Å². The van der Waals surface area contributed by atoms with Gasteiger partial charge in [0.05, 0.1) is 0 Å². The zero-order valence-electron chi connectivity index (χ0n) is 19.1. The summed E-state index contributed by atoms with van der Waals surface area (Å²) in [6.07, 6.45) is 4.37. The Morgan fingerprint density at radius 2 is 1.88 bits per heavy atom. The van der Waals surface area contributed by atoms with E-state index in [2.05, 4.69) is 21.6 Å². The van der Waals surface area contributed by atoms with Crippen molar-refractivity contribution < 1.29 is 14.6 Å². The highest BCUT2D eigenvalue weighted by Crippen LogP contribution is 2.30. The van der Waals surface area contributed by atoms with Gasteiger partial charge in [0.2, 0.25) is 11.8 Å². The maximum Gasteiger partial charge on any atom is 0.354 e. The van der Waals surface area contributed by atoms with E-state index in [1.54, 1.807) is 35.8 Å². The number of aromatic nitrogens is 4. The van der Waals surface area contributed by atoms with Crippen molar-refractivity contribution in [1.29, 1.82) is 0 Å². The second kappa shape index (κ2) is 10.2. The summed E-state index contributed by atoms with van der Waals surface area (Å²) in [6.45, 7) is 4.78. The van der Waals surface area contributed by atoms with Crippen LogP contribution in [0.1, 0.15) is 49.2 Å². The third-order valence-electron chi connectivity index (χ3n) is 6.07. The number of nitrogens with one attached hydrogen (secondary N) is 1. The van der Waals surface area contributed by atoms with E-state index in [1.165, 1.54) is 6.07 Å². The third-order valence-corrected chi connectivity index (χ3v) is 6.83. The fourth-order valence-electron chi connectivity index (χ4n) is 4.09. The lowest BCUT2D eigenvalue weighted by molar-refractivity contribution is 0.0702. The van der Waals surface area contributed by atoms with Gasteiger partial charge in [-0.05, 0) is 67.4 Å². The van der Waals surface area contributed by atoms with Gasteiger partial charge in [0.15, 0.2) is 0 Å². The maximum absolute atomic E-state index is 13.1. The molecular formula is C23H27N5O5S. The van der Waals surface area contributed by atoms with Gasteiger partial charge in [-0.1, -0.05) is 19.8 Å². The van der Waals surface area contributed by atoms with E-state index in [0.717, 1.165) is 41.8 Å². The Bertz CT molecular complexity index is 1270. The Morgan fingerprint density at radius 3 is 2.50 bits per heavy atom. The number of ether oxygens (including phenoxy) is 1. The third kappa shape index (κ3) is 5.36.